The van der Waals surface area contributed by atoms with Crippen molar-refractivity contribution >= 4 is 17.6 Å². The lowest BCUT2D eigenvalue weighted by molar-refractivity contribution is -0.274. The molecule has 20 heavy (non-hydrogen) atoms. The minimum Gasteiger partial charge on any atom is -0.481 e. The molecule has 8 heteroatoms. The molecule has 1 aliphatic rings. The molecule has 1 fully saturated rings. The molecular weight excluding hydrogens is 279 g/mol. The third-order valence-corrected chi connectivity index (χ3v) is 2.86. The summed E-state index contributed by atoms with van der Waals surface area (Å²) in [4.78, 5) is 23.7. The summed E-state index contributed by atoms with van der Waals surface area (Å²) in [7, 11) is 0. The van der Waals surface area contributed by atoms with Crippen LogP contribution in [0.15, 0.2) is 24.3 Å². The SMILES string of the molecule is O=C(O)C1CC(=O)N(c2ccc(OC(F)(F)F)cc2)C1. The highest BCUT2D eigenvalue weighted by Gasteiger charge is 2.35. The number of hydrogen-bond acceptors (Lipinski definition) is 3. The largest absolute Gasteiger partial charge is 0.573 e. The maximum atomic E-state index is 12.0. The Bertz CT molecular complexity index is 526. The average molecular weight is 289 g/mol. The number of alkyl halides is 3. The highest BCUT2D eigenvalue weighted by Crippen LogP contribution is 2.29. The van der Waals surface area contributed by atoms with Crippen molar-refractivity contribution in [2.45, 2.75) is 12.8 Å². The first-order valence-electron chi connectivity index (χ1n) is 5.65. The summed E-state index contributed by atoms with van der Waals surface area (Å²) in [5.41, 5.74) is 0.341. The molecular formula is C12H10F3NO4. The number of carbonyl (C=O) groups is 2. The van der Waals surface area contributed by atoms with Gasteiger partial charge in [-0.2, -0.15) is 0 Å². The van der Waals surface area contributed by atoms with Gasteiger partial charge in [-0.15, -0.1) is 13.2 Å². The molecule has 1 heterocycles. The van der Waals surface area contributed by atoms with Gasteiger partial charge in [0.15, 0.2) is 0 Å². The second-order valence-corrected chi connectivity index (χ2v) is 4.29. The number of hydrogen-bond donors (Lipinski definition) is 1. The Balaban J connectivity index is 2.11. The topological polar surface area (TPSA) is 66.8 Å². The van der Waals surface area contributed by atoms with Crippen molar-refractivity contribution in [3.8, 4) is 5.75 Å². The molecule has 1 aromatic carbocycles. The summed E-state index contributed by atoms with van der Waals surface area (Å²) in [5.74, 6) is -2.64. The highest BCUT2D eigenvalue weighted by molar-refractivity contribution is 5.99. The summed E-state index contributed by atoms with van der Waals surface area (Å²) < 4.78 is 39.7. The molecule has 108 valence electrons. The van der Waals surface area contributed by atoms with Gasteiger partial charge in [0.05, 0.1) is 5.92 Å². The Morgan fingerprint density at radius 3 is 2.35 bits per heavy atom. The molecule has 0 radical (unpaired) electrons. The molecule has 1 unspecified atom stereocenters. The van der Waals surface area contributed by atoms with Crippen LogP contribution in [0.3, 0.4) is 0 Å². The summed E-state index contributed by atoms with van der Waals surface area (Å²) in [6, 6.07) is 4.71. The molecule has 0 aromatic heterocycles. The fourth-order valence-corrected chi connectivity index (χ4v) is 1.95. The van der Waals surface area contributed by atoms with Crippen LogP contribution in [0.5, 0.6) is 5.75 Å². The predicted octanol–water partition coefficient (Wildman–Crippen LogP) is 2.02. The smallest absolute Gasteiger partial charge is 0.481 e. The van der Waals surface area contributed by atoms with Crippen LogP contribution in [0, 0.1) is 5.92 Å². The second-order valence-electron chi connectivity index (χ2n) is 4.29. The predicted molar refractivity (Wildman–Crippen MR) is 61.2 cm³/mol. The standard InChI is InChI=1S/C12H10F3NO4/c13-12(14,15)20-9-3-1-8(2-4-9)16-6-7(11(18)19)5-10(16)17/h1-4,7H,5-6H2,(H,18,19). The van der Waals surface area contributed by atoms with Gasteiger partial charge in [-0.05, 0) is 24.3 Å². The van der Waals surface area contributed by atoms with E-state index in [1.54, 1.807) is 0 Å². The van der Waals surface area contributed by atoms with Crippen LogP contribution in [0.2, 0.25) is 0 Å². The number of aliphatic carboxylic acids is 1. The van der Waals surface area contributed by atoms with Crippen molar-refractivity contribution in [3.63, 3.8) is 0 Å². The first-order valence-corrected chi connectivity index (χ1v) is 5.65. The third-order valence-electron chi connectivity index (χ3n) is 2.86. The van der Waals surface area contributed by atoms with Gasteiger partial charge in [0.25, 0.3) is 0 Å². The minimum atomic E-state index is -4.78. The first-order chi connectivity index (χ1) is 9.26. The number of carbonyl (C=O) groups excluding carboxylic acids is 1. The Kier molecular flexibility index (Phi) is 3.56. The van der Waals surface area contributed by atoms with Crippen molar-refractivity contribution < 1.29 is 32.6 Å². The van der Waals surface area contributed by atoms with Gasteiger partial charge >= 0.3 is 12.3 Å². The van der Waals surface area contributed by atoms with Crippen molar-refractivity contribution in [3.05, 3.63) is 24.3 Å². The van der Waals surface area contributed by atoms with E-state index >= 15 is 0 Å². The van der Waals surface area contributed by atoms with Crippen molar-refractivity contribution in [1.82, 2.24) is 0 Å². The zero-order valence-corrected chi connectivity index (χ0v) is 10.1. The molecule has 1 atom stereocenters. The summed E-state index contributed by atoms with van der Waals surface area (Å²) in [6.45, 7) is 0.00758. The number of halogens is 3. The van der Waals surface area contributed by atoms with E-state index in [0.29, 0.717) is 5.69 Å². The van der Waals surface area contributed by atoms with Gasteiger partial charge in [-0.25, -0.2) is 0 Å². The zero-order valence-electron chi connectivity index (χ0n) is 10.1. The fourth-order valence-electron chi connectivity index (χ4n) is 1.95. The molecule has 0 spiro atoms. The van der Waals surface area contributed by atoms with Gasteiger partial charge < -0.3 is 14.7 Å². The van der Waals surface area contributed by atoms with Gasteiger partial charge in [0.2, 0.25) is 5.91 Å². The third kappa shape index (κ3) is 3.19. The van der Waals surface area contributed by atoms with Crippen LogP contribution < -0.4 is 9.64 Å². The van der Waals surface area contributed by atoms with E-state index in [4.69, 9.17) is 5.11 Å². The fraction of sp³-hybridized carbons (Fsp3) is 0.333. The Labute approximate surface area is 111 Å². The van der Waals surface area contributed by atoms with Crippen LogP contribution in [0.1, 0.15) is 6.42 Å². The molecule has 0 aliphatic carbocycles. The van der Waals surface area contributed by atoms with Gasteiger partial charge in [0, 0.05) is 18.7 Å². The van der Waals surface area contributed by atoms with E-state index < -0.39 is 24.0 Å². The molecule has 1 N–H and O–H groups in total. The molecule has 2 rings (SSSR count). The van der Waals surface area contributed by atoms with E-state index in [1.807, 2.05) is 0 Å². The van der Waals surface area contributed by atoms with E-state index in [-0.39, 0.29) is 18.9 Å². The van der Waals surface area contributed by atoms with Crippen LogP contribution in [-0.2, 0) is 9.59 Å². The maximum Gasteiger partial charge on any atom is 0.573 e. The number of carboxylic acid groups (broad SMARTS) is 1. The number of nitrogens with zero attached hydrogens (tertiary/aromatic N) is 1. The zero-order chi connectivity index (χ0) is 14.9. The van der Waals surface area contributed by atoms with E-state index in [0.717, 1.165) is 12.1 Å². The van der Waals surface area contributed by atoms with Gasteiger partial charge in [-0.3, -0.25) is 9.59 Å². The molecule has 0 saturated carbocycles. The minimum absolute atomic E-state index is 0.00758. The quantitative estimate of drug-likeness (QED) is 0.924. The van der Waals surface area contributed by atoms with Crippen LogP contribution in [0.25, 0.3) is 0 Å². The number of anilines is 1. The lowest BCUT2D eigenvalue weighted by atomic mass is 10.1. The monoisotopic (exact) mass is 289 g/mol. The summed E-state index contributed by atoms with van der Waals surface area (Å²) >= 11 is 0. The average Bonchev–Trinajstić information content (AvgIpc) is 2.70. The molecule has 5 nitrogen and oxygen atoms in total. The Morgan fingerprint density at radius 2 is 1.90 bits per heavy atom. The molecule has 1 aliphatic heterocycles. The summed E-state index contributed by atoms with van der Waals surface area (Å²) in [6.07, 6.45) is -4.89. The number of amides is 1. The van der Waals surface area contributed by atoms with Crippen LogP contribution in [0.4, 0.5) is 18.9 Å². The van der Waals surface area contributed by atoms with Crippen LogP contribution >= 0.6 is 0 Å². The van der Waals surface area contributed by atoms with E-state index in [2.05, 4.69) is 4.74 Å². The van der Waals surface area contributed by atoms with Gasteiger partial charge in [-0.1, -0.05) is 0 Å². The van der Waals surface area contributed by atoms with E-state index in [1.165, 1.54) is 17.0 Å². The molecule has 1 aromatic rings. The Morgan fingerprint density at radius 1 is 1.30 bits per heavy atom. The van der Waals surface area contributed by atoms with Gasteiger partial charge in [0.1, 0.15) is 5.75 Å². The maximum absolute atomic E-state index is 12.0. The number of carboxylic acids is 1. The molecule has 1 amide bonds. The van der Waals surface area contributed by atoms with Crippen molar-refractivity contribution in [2.75, 3.05) is 11.4 Å². The number of benzene rings is 1. The lowest BCUT2D eigenvalue weighted by Gasteiger charge is -2.17. The van der Waals surface area contributed by atoms with Crippen LogP contribution in [-0.4, -0.2) is 29.9 Å². The molecule has 0 bridgehead atoms. The van der Waals surface area contributed by atoms with Crippen molar-refractivity contribution in [2.24, 2.45) is 5.92 Å². The van der Waals surface area contributed by atoms with Crippen molar-refractivity contribution in [1.29, 1.82) is 0 Å². The first kappa shape index (κ1) is 14.2. The lowest BCUT2D eigenvalue weighted by Crippen LogP contribution is -2.25. The Hall–Kier alpha value is -2.25. The normalized spacial score (nSPS) is 19.2. The van der Waals surface area contributed by atoms with E-state index in [9.17, 15) is 22.8 Å². The number of ether oxygens (including phenoxy) is 1. The number of rotatable bonds is 3. The second kappa shape index (κ2) is 5.03. The summed E-state index contributed by atoms with van der Waals surface area (Å²) in [5, 5.41) is 8.84. The molecule has 1 saturated heterocycles. The highest BCUT2D eigenvalue weighted by atomic mass is 19.4.